The molecular formula is C19H19BrN2O2. The predicted molar refractivity (Wildman–Crippen MR) is 99.7 cm³/mol. The molecule has 0 bridgehead atoms. The van der Waals surface area contributed by atoms with E-state index in [2.05, 4.69) is 33.9 Å². The van der Waals surface area contributed by atoms with E-state index < -0.39 is 0 Å². The second kappa shape index (κ2) is 7.18. The van der Waals surface area contributed by atoms with Crippen molar-refractivity contribution in [2.45, 2.75) is 26.8 Å². The summed E-state index contributed by atoms with van der Waals surface area (Å²) in [5.74, 6) is 0.865. The molecule has 3 rings (SSSR count). The van der Waals surface area contributed by atoms with E-state index >= 15 is 0 Å². The number of para-hydroxylation sites is 1. The van der Waals surface area contributed by atoms with Gasteiger partial charge in [0.25, 0.3) is 5.56 Å². The smallest absolute Gasteiger partial charge is 0.261 e. The van der Waals surface area contributed by atoms with Crippen LogP contribution in [-0.2, 0) is 6.54 Å². The van der Waals surface area contributed by atoms with Crippen LogP contribution in [0, 0.1) is 13.8 Å². The summed E-state index contributed by atoms with van der Waals surface area (Å²) in [4.78, 5) is 16.7. The van der Waals surface area contributed by atoms with Crippen LogP contribution in [0.2, 0.25) is 0 Å². The lowest BCUT2D eigenvalue weighted by molar-refractivity contribution is 0.297. The maximum Gasteiger partial charge on any atom is 0.261 e. The maximum absolute atomic E-state index is 12.4. The first kappa shape index (κ1) is 16.7. The number of nitrogens with zero attached hydrogens (tertiary/aromatic N) is 2. The van der Waals surface area contributed by atoms with Crippen molar-refractivity contribution in [3.8, 4) is 5.75 Å². The first-order valence-corrected chi connectivity index (χ1v) is 8.69. The van der Waals surface area contributed by atoms with Crippen LogP contribution < -0.4 is 10.3 Å². The van der Waals surface area contributed by atoms with Gasteiger partial charge in [0.2, 0.25) is 0 Å². The van der Waals surface area contributed by atoms with Crippen LogP contribution in [0.4, 0.5) is 0 Å². The topological polar surface area (TPSA) is 44.1 Å². The van der Waals surface area contributed by atoms with E-state index in [1.165, 1.54) is 5.56 Å². The number of ether oxygens (including phenoxy) is 1. The quantitative estimate of drug-likeness (QED) is 0.615. The van der Waals surface area contributed by atoms with Crippen molar-refractivity contribution < 1.29 is 4.74 Å². The molecule has 1 aromatic heterocycles. The second-order valence-electron chi connectivity index (χ2n) is 5.86. The molecule has 0 aliphatic heterocycles. The molecule has 0 atom stereocenters. The van der Waals surface area contributed by atoms with Crippen molar-refractivity contribution >= 4 is 26.8 Å². The Morgan fingerprint density at radius 3 is 2.79 bits per heavy atom. The highest BCUT2D eigenvalue weighted by Crippen LogP contribution is 2.30. The Balaban J connectivity index is 1.65. The van der Waals surface area contributed by atoms with Gasteiger partial charge in [-0.2, -0.15) is 0 Å². The summed E-state index contributed by atoms with van der Waals surface area (Å²) < 4.78 is 8.49. The van der Waals surface area contributed by atoms with E-state index in [0.29, 0.717) is 18.5 Å². The highest BCUT2D eigenvalue weighted by molar-refractivity contribution is 9.10. The van der Waals surface area contributed by atoms with Gasteiger partial charge in [0.1, 0.15) is 5.75 Å². The van der Waals surface area contributed by atoms with E-state index in [1.54, 1.807) is 10.9 Å². The largest absolute Gasteiger partial charge is 0.492 e. The summed E-state index contributed by atoms with van der Waals surface area (Å²) in [5.41, 5.74) is 3.02. The molecule has 0 N–H and O–H groups in total. The molecular weight excluding hydrogens is 368 g/mol. The monoisotopic (exact) mass is 386 g/mol. The minimum Gasteiger partial charge on any atom is -0.492 e. The van der Waals surface area contributed by atoms with Crippen LogP contribution in [0.1, 0.15) is 17.5 Å². The van der Waals surface area contributed by atoms with E-state index in [0.717, 1.165) is 27.7 Å². The Kier molecular flexibility index (Phi) is 5.00. The second-order valence-corrected chi connectivity index (χ2v) is 6.71. The molecule has 124 valence electrons. The van der Waals surface area contributed by atoms with Gasteiger partial charge in [0.15, 0.2) is 0 Å². The van der Waals surface area contributed by atoms with Gasteiger partial charge in [-0.1, -0.05) is 18.2 Å². The highest BCUT2D eigenvalue weighted by Gasteiger charge is 2.07. The van der Waals surface area contributed by atoms with Crippen LogP contribution >= 0.6 is 15.9 Å². The summed E-state index contributed by atoms with van der Waals surface area (Å²) >= 11 is 3.54. The molecule has 0 amide bonds. The Morgan fingerprint density at radius 2 is 2.00 bits per heavy atom. The maximum atomic E-state index is 12.4. The van der Waals surface area contributed by atoms with Gasteiger partial charge in [-0.3, -0.25) is 9.36 Å². The van der Waals surface area contributed by atoms with E-state index in [9.17, 15) is 4.79 Å². The third-order valence-corrected chi connectivity index (χ3v) is 4.48. The summed E-state index contributed by atoms with van der Waals surface area (Å²) in [7, 11) is 0. The Hall–Kier alpha value is -2.14. The van der Waals surface area contributed by atoms with Crippen LogP contribution in [0.15, 0.2) is 52.0 Å². The fourth-order valence-electron chi connectivity index (χ4n) is 2.76. The lowest BCUT2D eigenvalue weighted by atomic mass is 10.1. The average molecular weight is 387 g/mol. The number of fused-ring (bicyclic) bond motifs is 1. The normalized spacial score (nSPS) is 11.0. The third kappa shape index (κ3) is 3.51. The number of hydrogen-bond acceptors (Lipinski definition) is 3. The Bertz CT molecular complexity index is 911. The van der Waals surface area contributed by atoms with Crippen LogP contribution in [-0.4, -0.2) is 16.2 Å². The zero-order chi connectivity index (χ0) is 17.1. The van der Waals surface area contributed by atoms with Gasteiger partial charge in [-0.05, 0) is 65.5 Å². The fraction of sp³-hybridized carbons (Fsp3) is 0.263. The molecule has 3 aromatic rings. The van der Waals surface area contributed by atoms with Gasteiger partial charge in [-0.25, -0.2) is 4.98 Å². The van der Waals surface area contributed by atoms with Crippen molar-refractivity contribution in [1.82, 2.24) is 9.55 Å². The first-order chi connectivity index (χ1) is 11.6. The Labute approximate surface area is 149 Å². The Morgan fingerprint density at radius 1 is 1.21 bits per heavy atom. The number of hydrogen-bond donors (Lipinski definition) is 0. The van der Waals surface area contributed by atoms with Crippen LogP contribution in [0.3, 0.4) is 0 Å². The van der Waals surface area contributed by atoms with E-state index in [1.807, 2.05) is 37.3 Å². The van der Waals surface area contributed by atoms with Gasteiger partial charge in [0, 0.05) is 6.54 Å². The number of aryl methyl sites for hydroxylation is 3. The molecule has 0 saturated heterocycles. The van der Waals surface area contributed by atoms with Crippen molar-refractivity contribution in [3.63, 3.8) is 0 Å². The van der Waals surface area contributed by atoms with E-state index in [-0.39, 0.29) is 5.56 Å². The molecule has 0 saturated carbocycles. The van der Waals surface area contributed by atoms with Gasteiger partial charge >= 0.3 is 0 Å². The summed E-state index contributed by atoms with van der Waals surface area (Å²) in [6.45, 7) is 5.21. The fourth-order valence-corrected chi connectivity index (χ4v) is 3.55. The average Bonchev–Trinajstić information content (AvgIpc) is 2.55. The molecule has 4 nitrogen and oxygen atoms in total. The molecule has 1 heterocycles. The zero-order valence-corrected chi connectivity index (χ0v) is 15.3. The minimum atomic E-state index is -0.00621. The number of rotatable bonds is 5. The lowest BCUT2D eigenvalue weighted by Gasteiger charge is -2.12. The van der Waals surface area contributed by atoms with Gasteiger partial charge < -0.3 is 4.74 Å². The molecule has 0 radical (unpaired) electrons. The SMILES string of the molecule is Cc1cc(C)c(OCCCn2cnc3ccccc3c2=O)c(Br)c1. The first-order valence-electron chi connectivity index (χ1n) is 7.90. The number of halogens is 1. The third-order valence-electron chi connectivity index (χ3n) is 3.89. The van der Waals surface area contributed by atoms with Crippen LogP contribution in [0.5, 0.6) is 5.75 Å². The molecule has 24 heavy (non-hydrogen) atoms. The van der Waals surface area contributed by atoms with Gasteiger partial charge in [-0.15, -0.1) is 0 Å². The van der Waals surface area contributed by atoms with Crippen molar-refractivity contribution in [2.24, 2.45) is 0 Å². The molecule has 0 spiro atoms. The van der Waals surface area contributed by atoms with E-state index in [4.69, 9.17) is 4.74 Å². The predicted octanol–water partition coefficient (Wildman–Crippen LogP) is 4.24. The standard InChI is InChI=1S/C19H19BrN2O2/c1-13-10-14(2)18(16(20)11-13)24-9-5-8-22-12-21-17-7-4-3-6-15(17)19(22)23/h3-4,6-7,10-12H,5,8-9H2,1-2H3. The zero-order valence-electron chi connectivity index (χ0n) is 13.8. The summed E-state index contributed by atoms with van der Waals surface area (Å²) in [6.07, 6.45) is 2.34. The molecule has 0 aliphatic carbocycles. The minimum absolute atomic E-state index is 0.00621. The molecule has 2 aromatic carbocycles. The molecule has 0 fully saturated rings. The molecule has 0 unspecified atom stereocenters. The number of benzene rings is 2. The summed E-state index contributed by atoms with van der Waals surface area (Å²) in [5, 5.41) is 0.651. The van der Waals surface area contributed by atoms with Crippen molar-refractivity contribution in [3.05, 3.63) is 68.7 Å². The van der Waals surface area contributed by atoms with Crippen molar-refractivity contribution in [1.29, 1.82) is 0 Å². The molecule has 5 heteroatoms. The van der Waals surface area contributed by atoms with Gasteiger partial charge in [0.05, 0.1) is 28.3 Å². The van der Waals surface area contributed by atoms with Crippen molar-refractivity contribution in [2.75, 3.05) is 6.61 Å². The van der Waals surface area contributed by atoms with Crippen LogP contribution in [0.25, 0.3) is 10.9 Å². The summed E-state index contributed by atoms with van der Waals surface area (Å²) in [6, 6.07) is 11.5. The number of aromatic nitrogens is 2. The highest BCUT2D eigenvalue weighted by atomic mass is 79.9. The lowest BCUT2D eigenvalue weighted by Crippen LogP contribution is -2.21. The molecule has 0 aliphatic rings.